The second-order valence-corrected chi connectivity index (χ2v) is 3.93. The van der Waals surface area contributed by atoms with Gasteiger partial charge in [0.15, 0.2) is 0 Å². The molecule has 5 nitrogen and oxygen atoms in total. The molecule has 0 atom stereocenters. The Kier molecular flexibility index (Phi) is 4.30. The van der Waals surface area contributed by atoms with Gasteiger partial charge in [-0.2, -0.15) is 0 Å². The average molecular weight is 247 g/mol. The lowest BCUT2D eigenvalue weighted by molar-refractivity contribution is 0.0940. The molecule has 96 valence electrons. The van der Waals surface area contributed by atoms with E-state index in [9.17, 15) is 4.79 Å². The highest BCUT2D eigenvalue weighted by Gasteiger charge is 2.08. The molecule has 0 unspecified atom stereocenters. The molecule has 2 heterocycles. The van der Waals surface area contributed by atoms with E-state index in [1.165, 1.54) is 0 Å². The minimum atomic E-state index is -0.107. The van der Waals surface area contributed by atoms with Gasteiger partial charge >= 0.3 is 0 Å². The quantitative estimate of drug-likeness (QED) is 0.764. The average Bonchev–Trinajstić information content (AvgIpc) is 2.82. The zero-order chi connectivity index (χ0) is 12.8. The summed E-state index contributed by atoms with van der Waals surface area (Å²) in [4.78, 5) is 19.1. The molecule has 0 fully saturated rings. The molecular formula is C13H17N3O2. The van der Waals surface area contributed by atoms with Gasteiger partial charge in [0, 0.05) is 26.0 Å². The summed E-state index contributed by atoms with van der Waals surface area (Å²) in [7, 11) is 0. The number of nitrogens with zero attached hydrogens (tertiary/aromatic N) is 1. The maximum Gasteiger partial charge on any atom is 0.267 e. The van der Waals surface area contributed by atoms with Crippen LogP contribution in [0.3, 0.4) is 0 Å². The Balaban J connectivity index is 1.88. The van der Waals surface area contributed by atoms with Crippen molar-refractivity contribution < 1.29 is 9.53 Å². The first-order chi connectivity index (χ1) is 8.81. The summed E-state index contributed by atoms with van der Waals surface area (Å²) < 4.78 is 5.20. The van der Waals surface area contributed by atoms with E-state index in [0.29, 0.717) is 25.5 Å². The molecule has 1 amide bonds. The number of carbonyl (C=O) groups is 1. The summed E-state index contributed by atoms with van der Waals surface area (Å²) in [6.07, 6.45) is 2.53. The third-order valence-corrected chi connectivity index (χ3v) is 2.59. The van der Waals surface area contributed by atoms with Gasteiger partial charge in [0.25, 0.3) is 5.91 Å². The minimum Gasteiger partial charge on any atom is -0.382 e. The van der Waals surface area contributed by atoms with Gasteiger partial charge in [-0.25, -0.2) is 0 Å². The predicted molar refractivity (Wildman–Crippen MR) is 69.5 cm³/mol. The Morgan fingerprint density at radius 2 is 2.44 bits per heavy atom. The molecule has 0 saturated carbocycles. The standard InChI is InChI=1S/C13H17N3O2/c1-2-18-8-4-7-15-13(17)12-9-11-10(16-12)5-3-6-14-11/h3,5-6,9,16H,2,4,7-8H2,1H3,(H,15,17). The van der Waals surface area contributed by atoms with E-state index in [0.717, 1.165) is 17.5 Å². The van der Waals surface area contributed by atoms with Gasteiger partial charge in [0.05, 0.1) is 11.0 Å². The van der Waals surface area contributed by atoms with Crippen LogP contribution in [-0.4, -0.2) is 35.6 Å². The summed E-state index contributed by atoms with van der Waals surface area (Å²) in [6, 6.07) is 5.49. The second kappa shape index (κ2) is 6.16. The van der Waals surface area contributed by atoms with Gasteiger partial charge < -0.3 is 15.0 Å². The van der Waals surface area contributed by atoms with Gasteiger partial charge in [-0.1, -0.05) is 0 Å². The first-order valence-electron chi connectivity index (χ1n) is 6.11. The molecule has 2 rings (SSSR count). The van der Waals surface area contributed by atoms with E-state index in [1.54, 1.807) is 12.3 Å². The van der Waals surface area contributed by atoms with E-state index in [1.807, 2.05) is 19.1 Å². The van der Waals surface area contributed by atoms with Crippen molar-refractivity contribution in [1.82, 2.24) is 15.3 Å². The van der Waals surface area contributed by atoms with Crippen LogP contribution in [0.4, 0.5) is 0 Å². The lowest BCUT2D eigenvalue weighted by Gasteiger charge is -2.03. The number of rotatable bonds is 6. The highest BCUT2D eigenvalue weighted by molar-refractivity contribution is 5.96. The number of pyridine rings is 1. The normalized spacial score (nSPS) is 10.7. The summed E-state index contributed by atoms with van der Waals surface area (Å²) in [6.45, 7) is 3.95. The Morgan fingerprint density at radius 1 is 1.56 bits per heavy atom. The maximum atomic E-state index is 11.8. The number of amides is 1. The molecule has 0 aliphatic rings. The van der Waals surface area contributed by atoms with Crippen molar-refractivity contribution in [1.29, 1.82) is 0 Å². The number of aromatic amines is 1. The van der Waals surface area contributed by atoms with Gasteiger partial charge in [-0.3, -0.25) is 9.78 Å². The van der Waals surface area contributed by atoms with Gasteiger partial charge in [-0.15, -0.1) is 0 Å². The monoisotopic (exact) mass is 247 g/mol. The predicted octanol–water partition coefficient (Wildman–Crippen LogP) is 1.72. The van der Waals surface area contributed by atoms with Crippen molar-refractivity contribution in [3.63, 3.8) is 0 Å². The topological polar surface area (TPSA) is 67.0 Å². The van der Waals surface area contributed by atoms with Crippen molar-refractivity contribution >= 4 is 16.9 Å². The Labute approximate surface area is 106 Å². The van der Waals surface area contributed by atoms with Gasteiger partial charge in [-0.05, 0) is 31.5 Å². The molecular weight excluding hydrogens is 230 g/mol. The van der Waals surface area contributed by atoms with Crippen LogP contribution < -0.4 is 5.32 Å². The summed E-state index contributed by atoms with van der Waals surface area (Å²) in [5, 5.41) is 2.84. The van der Waals surface area contributed by atoms with E-state index in [4.69, 9.17) is 4.74 Å². The molecule has 0 aromatic carbocycles. The third kappa shape index (κ3) is 3.07. The molecule has 5 heteroatoms. The Morgan fingerprint density at radius 3 is 3.22 bits per heavy atom. The molecule has 0 spiro atoms. The smallest absolute Gasteiger partial charge is 0.267 e. The molecule has 0 aliphatic carbocycles. The van der Waals surface area contributed by atoms with Crippen molar-refractivity contribution in [3.8, 4) is 0 Å². The van der Waals surface area contributed by atoms with Crippen molar-refractivity contribution in [2.45, 2.75) is 13.3 Å². The molecule has 2 aromatic heterocycles. The number of H-pyrrole nitrogens is 1. The van der Waals surface area contributed by atoms with Crippen LogP contribution in [0.15, 0.2) is 24.4 Å². The van der Waals surface area contributed by atoms with Crippen LogP contribution in [0.25, 0.3) is 11.0 Å². The molecule has 18 heavy (non-hydrogen) atoms. The zero-order valence-corrected chi connectivity index (χ0v) is 10.4. The molecule has 0 radical (unpaired) electrons. The van der Waals surface area contributed by atoms with Crippen LogP contribution in [-0.2, 0) is 4.74 Å². The number of hydrogen-bond donors (Lipinski definition) is 2. The van der Waals surface area contributed by atoms with Crippen molar-refractivity contribution in [3.05, 3.63) is 30.1 Å². The fourth-order valence-corrected chi connectivity index (χ4v) is 1.69. The molecule has 2 N–H and O–H groups in total. The SMILES string of the molecule is CCOCCCNC(=O)c1cc2ncccc2[nH]1. The Bertz CT molecular complexity index is 489. The Hall–Kier alpha value is -1.88. The number of nitrogens with one attached hydrogen (secondary N) is 2. The maximum absolute atomic E-state index is 11.8. The fraction of sp³-hybridized carbons (Fsp3) is 0.385. The number of fused-ring (bicyclic) bond motifs is 1. The van der Waals surface area contributed by atoms with Gasteiger partial charge in [0.2, 0.25) is 0 Å². The van der Waals surface area contributed by atoms with Crippen molar-refractivity contribution in [2.75, 3.05) is 19.8 Å². The first kappa shape index (κ1) is 12.6. The minimum absolute atomic E-state index is 0.107. The summed E-state index contributed by atoms with van der Waals surface area (Å²) in [5.74, 6) is -0.107. The number of carbonyl (C=O) groups excluding carboxylic acids is 1. The van der Waals surface area contributed by atoms with Crippen molar-refractivity contribution in [2.24, 2.45) is 0 Å². The third-order valence-electron chi connectivity index (χ3n) is 2.59. The largest absolute Gasteiger partial charge is 0.382 e. The van der Waals surface area contributed by atoms with E-state index >= 15 is 0 Å². The first-order valence-corrected chi connectivity index (χ1v) is 6.11. The van der Waals surface area contributed by atoms with Crippen LogP contribution in [0.5, 0.6) is 0 Å². The van der Waals surface area contributed by atoms with Crippen LogP contribution in [0.1, 0.15) is 23.8 Å². The lowest BCUT2D eigenvalue weighted by atomic mass is 10.3. The molecule has 0 saturated heterocycles. The number of aromatic nitrogens is 2. The number of ether oxygens (including phenoxy) is 1. The fourth-order valence-electron chi connectivity index (χ4n) is 1.69. The highest BCUT2D eigenvalue weighted by atomic mass is 16.5. The van der Waals surface area contributed by atoms with Crippen LogP contribution in [0.2, 0.25) is 0 Å². The van der Waals surface area contributed by atoms with Gasteiger partial charge in [0.1, 0.15) is 5.69 Å². The van der Waals surface area contributed by atoms with E-state index in [-0.39, 0.29) is 5.91 Å². The zero-order valence-electron chi connectivity index (χ0n) is 10.4. The van der Waals surface area contributed by atoms with Crippen LogP contribution in [0, 0.1) is 0 Å². The molecule has 0 aliphatic heterocycles. The van der Waals surface area contributed by atoms with E-state index in [2.05, 4.69) is 15.3 Å². The molecule has 0 bridgehead atoms. The highest BCUT2D eigenvalue weighted by Crippen LogP contribution is 2.11. The van der Waals surface area contributed by atoms with Crippen LogP contribution >= 0.6 is 0 Å². The number of hydrogen-bond acceptors (Lipinski definition) is 3. The second-order valence-electron chi connectivity index (χ2n) is 3.93. The summed E-state index contributed by atoms with van der Waals surface area (Å²) >= 11 is 0. The molecule has 2 aromatic rings. The lowest BCUT2D eigenvalue weighted by Crippen LogP contribution is -2.25. The summed E-state index contributed by atoms with van der Waals surface area (Å²) in [5.41, 5.74) is 2.22. The van der Waals surface area contributed by atoms with E-state index < -0.39 is 0 Å².